The quantitative estimate of drug-likeness (QED) is 0.743. The van der Waals surface area contributed by atoms with Crippen LogP contribution in [0.15, 0.2) is 41.2 Å². The Morgan fingerprint density at radius 2 is 1.96 bits per heavy atom. The van der Waals surface area contributed by atoms with Gasteiger partial charge in [-0.15, -0.1) is 11.6 Å². The lowest BCUT2D eigenvalue weighted by molar-refractivity contribution is -0.137. The van der Waals surface area contributed by atoms with Gasteiger partial charge in [0.05, 0.1) is 6.54 Å². The summed E-state index contributed by atoms with van der Waals surface area (Å²) in [5, 5.41) is 0. The number of imide groups is 1. The van der Waals surface area contributed by atoms with E-state index < -0.39 is 12.2 Å². The molecule has 3 amide bonds. The van der Waals surface area contributed by atoms with E-state index in [-0.39, 0.29) is 18.5 Å². The van der Waals surface area contributed by atoms with Crippen LogP contribution in [0.25, 0.3) is 0 Å². The van der Waals surface area contributed by atoms with Crippen LogP contribution in [0.5, 0.6) is 0 Å². The summed E-state index contributed by atoms with van der Waals surface area (Å²) in [6.07, 6.45) is 1.40. The first-order valence-electron chi connectivity index (χ1n) is 8.94. The van der Waals surface area contributed by atoms with Crippen LogP contribution < -0.4 is 0 Å². The molecule has 0 spiro atoms. The number of allylic oxidation sites excluding steroid dienone is 1. The fourth-order valence-electron chi connectivity index (χ4n) is 3.90. The fraction of sp³-hybridized carbons (Fsp3) is 0.421. The second kappa shape index (κ2) is 6.56. The zero-order valence-electron chi connectivity index (χ0n) is 15.6. The number of halogens is 1. The van der Waals surface area contributed by atoms with E-state index in [2.05, 4.69) is 4.99 Å². The van der Waals surface area contributed by atoms with E-state index in [9.17, 15) is 9.59 Å². The minimum atomic E-state index is -0.539. The fourth-order valence-corrected chi connectivity index (χ4v) is 4.07. The second-order valence-corrected chi connectivity index (χ2v) is 7.49. The summed E-state index contributed by atoms with van der Waals surface area (Å²) >= 11 is 5.91. The molecule has 0 aliphatic carbocycles. The van der Waals surface area contributed by atoms with Gasteiger partial charge in [-0.1, -0.05) is 29.8 Å². The van der Waals surface area contributed by atoms with Crippen molar-refractivity contribution >= 4 is 29.5 Å². The lowest BCUT2D eigenvalue weighted by Crippen LogP contribution is -2.63. The van der Waals surface area contributed by atoms with E-state index in [4.69, 9.17) is 11.6 Å². The maximum absolute atomic E-state index is 13.3. The van der Waals surface area contributed by atoms with Crippen LogP contribution in [-0.4, -0.2) is 69.2 Å². The third kappa shape index (κ3) is 2.77. The molecule has 1 saturated heterocycles. The summed E-state index contributed by atoms with van der Waals surface area (Å²) in [6, 6.07) is 6.99. The molecule has 4 rings (SSSR count). The van der Waals surface area contributed by atoms with E-state index in [1.807, 2.05) is 54.1 Å². The van der Waals surface area contributed by atoms with Crippen molar-refractivity contribution < 1.29 is 9.59 Å². The van der Waals surface area contributed by atoms with E-state index >= 15 is 0 Å². The van der Waals surface area contributed by atoms with Crippen molar-refractivity contribution in [2.24, 2.45) is 4.99 Å². The predicted molar refractivity (Wildman–Crippen MR) is 103 cm³/mol. The summed E-state index contributed by atoms with van der Waals surface area (Å²) < 4.78 is 0. The maximum Gasteiger partial charge on any atom is 0.328 e. The Balaban J connectivity index is 1.64. The number of hydrogen-bond donors (Lipinski definition) is 0. The Hall–Kier alpha value is -2.54. The van der Waals surface area contributed by atoms with E-state index in [0.29, 0.717) is 18.4 Å². The van der Waals surface area contributed by atoms with Gasteiger partial charge in [0, 0.05) is 31.4 Å². The minimum absolute atomic E-state index is 0.222. The average Bonchev–Trinajstić information content (AvgIpc) is 3.14. The van der Waals surface area contributed by atoms with Crippen molar-refractivity contribution in [2.45, 2.75) is 32.6 Å². The van der Waals surface area contributed by atoms with Crippen LogP contribution in [0.4, 0.5) is 4.79 Å². The Labute approximate surface area is 163 Å². The summed E-state index contributed by atoms with van der Waals surface area (Å²) in [5.41, 5.74) is 3.02. The Morgan fingerprint density at radius 1 is 1.19 bits per heavy atom. The van der Waals surface area contributed by atoms with Crippen molar-refractivity contribution in [3.8, 4) is 0 Å². The van der Waals surface area contributed by atoms with Gasteiger partial charge in [0.25, 0.3) is 5.91 Å². The molecule has 8 heteroatoms. The molecule has 3 heterocycles. The molecule has 3 aliphatic heterocycles. The van der Waals surface area contributed by atoms with E-state index in [1.165, 1.54) is 4.90 Å². The van der Waals surface area contributed by atoms with Crippen LogP contribution >= 0.6 is 11.6 Å². The molecule has 2 atom stereocenters. The Morgan fingerprint density at radius 3 is 2.67 bits per heavy atom. The van der Waals surface area contributed by atoms with Gasteiger partial charge in [-0.05, 0) is 19.4 Å². The number of carbonyl (C=O) groups excluding carboxylic acids is 2. The molecule has 0 radical (unpaired) electrons. The first kappa shape index (κ1) is 17.9. The highest BCUT2D eigenvalue weighted by Gasteiger charge is 2.54. The molecule has 3 aliphatic rings. The molecular formula is C19H22ClN5O2. The van der Waals surface area contributed by atoms with Gasteiger partial charge in [-0.2, -0.15) is 0 Å². The third-order valence-electron chi connectivity index (χ3n) is 5.23. The van der Waals surface area contributed by atoms with Crippen molar-refractivity contribution in [1.29, 1.82) is 0 Å². The third-order valence-corrected chi connectivity index (χ3v) is 5.40. The number of guanidine groups is 1. The van der Waals surface area contributed by atoms with Crippen molar-refractivity contribution in [3.63, 3.8) is 0 Å². The number of nitrogens with zero attached hydrogens (tertiary/aromatic N) is 5. The number of amides is 3. The van der Waals surface area contributed by atoms with Gasteiger partial charge in [0.1, 0.15) is 0 Å². The van der Waals surface area contributed by atoms with Crippen LogP contribution in [0.2, 0.25) is 0 Å². The number of urea groups is 1. The van der Waals surface area contributed by atoms with Gasteiger partial charge in [-0.3, -0.25) is 9.69 Å². The standard InChI is InChI=1S/C19H22ClN5O2/c1-12-5-4-6-14(9-12)11-25-17(26)15-16(22(3)19(25)27)21-18-23(8-7-20)13(2)10-24(15)18/h4-6,9-10,15-16H,7-8,11H2,1-3H3. The normalized spacial score (nSPS) is 24.3. The van der Waals surface area contributed by atoms with Gasteiger partial charge in [0.2, 0.25) is 5.96 Å². The predicted octanol–water partition coefficient (Wildman–Crippen LogP) is 2.17. The van der Waals surface area contributed by atoms with Gasteiger partial charge < -0.3 is 14.7 Å². The molecule has 1 aromatic carbocycles. The smallest absolute Gasteiger partial charge is 0.314 e. The highest BCUT2D eigenvalue weighted by atomic mass is 35.5. The second-order valence-electron chi connectivity index (χ2n) is 7.11. The summed E-state index contributed by atoms with van der Waals surface area (Å²) in [5.74, 6) is 0.920. The van der Waals surface area contributed by atoms with Crippen molar-refractivity contribution in [3.05, 3.63) is 47.3 Å². The lowest BCUT2D eigenvalue weighted by atomic mass is 10.1. The molecule has 1 aromatic rings. The Kier molecular flexibility index (Phi) is 4.34. The van der Waals surface area contributed by atoms with Gasteiger partial charge >= 0.3 is 6.03 Å². The molecule has 0 aromatic heterocycles. The summed E-state index contributed by atoms with van der Waals surface area (Å²) in [7, 11) is 1.70. The summed E-state index contributed by atoms with van der Waals surface area (Å²) in [6.45, 7) is 4.82. The number of benzene rings is 1. The number of aryl methyl sites for hydroxylation is 1. The molecule has 2 unspecified atom stereocenters. The van der Waals surface area contributed by atoms with E-state index in [1.54, 1.807) is 11.9 Å². The number of rotatable bonds is 4. The van der Waals surface area contributed by atoms with E-state index in [0.717, 1.165) is 16.8 Å². The minimum Gasteiger partial charge on any atom is -0.314 e. The number of carbonyl (C=O) groups is 2. The van der Waals surface area contributed by atoms with Crippen LogP contribution in [0.3, 0.4) is 0 Å². The summed E-state index contributed by atoms with van der Waals surface area (Å²) in [4.78, 5) is 37.5. The maximum atomic E-state index is 13.3. The molecule has 7 nitrogen and oxygen atoms in total. The van der Waals surface area contributed by atoms with Crippen LogP contribution in [-0.2, 0) is 11.3 Å². The molecular weight excluding hydrogens is 366 g/mol. The number of fused-ring (bicyclic) bond motifs is 3. The highest BCUT2D eigenvalue weighted by Crippen LogP contribution is 2.34. The molecule has 0 N–H and O–H groups in total. The topological polar surface area (TPSA) is 59.5 Å². The zero-order valence-corrected chi connectivity index (χ0v) is 16.3. The van der Waals surface area contributed by atoms with Crippen LogP contribution in [0, 0.1) is 6.92 Å². The van der Waals surface area contributed by atoms with Crippen molar-refractivity contribution in [2.75, 3.05) is 19.5 Å². The monoisotopic (exact) mass is 387 g/mol. The molecule has 1 fully saturated rings. The first-order chi connectivity index (χ1) is 12.9. The lowest BCUT2D eigenvalue weighted by Gasteiger charge is -2.40. The number of aliphatic imine (C=N–C) groups is 1. The van der Waals surface area contributed by atoms with Gasteiger partial charge in [-0.25, -0.2) is 9.79 Å². The molecule has 27 heavy (non-hydrogen) atoms. The highest BCUT2D eigenvalue weighted by molar-refractivity contribution is 6.18. The number of hydrogen-bond acceptors (Lipinski definition) is 5. The van der Waals surface area contributed by atoms with Crippen molar-refractivity contribution in [1.82, 2.24) is 19.6 Å². The number of likely N-dealkylation sites (N-methyl/N-ethyl adjacent to an activating group) is 1. The SMILES string of the molecule is CC1=CN2C(=NC3C2C(=O)N(Cc2cccc(C)c2)C(=O)N3C)N1CCCl. The molecule has 142 valence electrons. The first-order valence-corrected chi connectivity index (χ1v) is 9.47. The molecule has 0 bridgehead atoms. The van der Waals surface area contributed by atoms with Crippen LogP contribution in [0.1, 0.15) is 18.1 Å². The Bertz CT molecular complexity index is 867. The average molecular weight is 388 g/mol. The number of alkyl halides is 1. The van der Waals surface area contributed by atoms with Gasteiger partial charge in [0.15, 0.2) is 12.2 Å². The molecule has 0 saturated carbocycles. The zero-order chi connectivity index (χ0) is 19.3. The largest absolute Gasteiger partial charge is 0.328 e.